The predicted octanol–water partition coefficient (Wildman–Crippen LogP) is 3.76. The Kier molecular flexibility index (Phi) is 6.14. The molecule has 1 aromatic rings. The number of nitrogens with one attached hydrogen (secondary N) is 1. The van der Waals surface area contributed by atoms with Gasteiger partial charge in [-0.2, -0.15) is 0 Å². The van der Waals surface area contributed by atoms with Gasteiger partial charge in [0.25, 0.3) is 0 Å². The maximum atomic E-state index is 12.2. The van der Waals surface area contributed by atoms with Gasteiger partial charge in [0.15, 0.2) is 3.77 Å². The lowest BCUT2D eigenvalue weighted by Crippen LogP contribution is -2.40. The summed E-state index contributed by atoms with van der Waals surface area (Å²) in [5.41, 5.74) is -0.432. The molecule has 1 aliphatic heterocycles. The van der Waals surface area contributed by atoms with Crippen molar-refractivity contribution in [2.75, 3.05) is 13.1 Å². The van der Waals surface area contributed by atoms with Crippen molar-refractivity contribution in [1.82, 2.24) is 10.2 Å². The van der Waals surface area contributed by atoms with Crippen LogP contribution in [0.4, 0.5) is 4.79 Å². The van der Waals surface area contributed by atoms with Crippen molar-refractivity contribution in [2.45, 2.75) is 58.2 Å². The second-order valence-electron chi connectivity index (χ2n) is 6.64. The second kappa shape index (κ2) is 7.68. The summed E-state index contributed by atoms with van der Waals surface area (Å²) in [4.78, 5) is 14.1. The molecule has 1 N–H and O–H groups in total. The topological polar surface area (TPSA) is 54.7 Å². The maximum Gasteiger partial charge on any atom is 0.410 e. The number of rotatable bonds is 5. The molecule has 1 fully saturated rings. The van der Waals surface area contributed by atoms with Crippen molar-refractivity contribution in [2.24, 2.45) is 0 Å². The summed E-state index contributed by atoms with van der Waals surface area (Å²) in [6, 6.07) is 4.22. The number of amides is 1. The molecule has 1 aromatic heterocycles. The van der Waals surface area contributed by atoms with Crippen LogP contribution in [-0.2, 0) is 11.3 Å². The molecule has 1 aliphatic rings. The van der Waals surface area contributed by atoms with Gasteiger partial charge in [0.05, 0.1) is 6.54 Å². The molecule has 0 saturated carbocycles. The Morgan fingerprint density at radius 3 is 2.91 bits per heavy atom. The minimum Gasteiger partial charge on any atom is -0.454 e. The van der Waals surface area contributed by atoms with Crippen LogP contribution >= 0.6 is 22.6 Å². The van der Waals surface area contributed by atoms with E-state index in [-0.39, 0.29) is 12.1 Å². The molecule has 0 spiro atoms. The summed E-state index contributed by atoms with van der Waals surface area (Å²) in [6.07, 6.45) is 2.87. The van der Waals surface area contributed by atoms with Crippen LogP contribution < -0.4 is 5.32 Å². The molecule has 124 valence electrons. The lowest BCUT2D eigenvalue weighted by Gasteiger charge is -2.28. The predicted molar refractivity (Wildman–Crippen MR) is 93.7 cm³/mol. The molecular weight excluding hydrogens is 395 g/mol. The normalized spacial score (nSPS) is 18.7. The van der Waals surface area contributed by atoms with Crippen molar-refractivity contribution >= 4 is 28.7 Å². The highest BCUT2D eigenvalue weighted by Gasteiger charge is 2.31. The van der Waals surface area contributed by atoms with Crippen LogP contribution in [0.15, 0.2) is 16.5 Å². The van der Waals surface area contributed by atoms with E-state index in [9.17, 15) is 4.79 Å². The number of hydrogen-bond donors (Lipinski definition) is 1. The maximum absolute atomic E-state index is 12.2. The largest absolute Gasteiger partial charge is 0.454 e. The average molecular weight is 420 g/mol. The Labute approximate surface area is 145 Å². The van der Waals surface area contributed by atoms with E-state index in [2.05, 4.69) is 27.9 Å². The molecule has 1 atom stereocenters. The Morgan fingerprint density at radius 1 is 1.50 bits per heavy atom. The van der Waals surface area contributed by atoms with E-state index in [0.717, 1.165) is 48.4 Å². The Bertz CT molecular complexity index is 496. The Morgan fingerprint density at radius 2 is 2.27 bits per heavy atom. The van der Waals surface area contributed by atoms with Crippen LogP contribution in [0, 0.1) is 3.77 Å². The van der Waals surface area contributed by atoms with Crippen molar-refractivity contribution in [1.29, 1.82) is 0 Å². The highest BCUT2D eigenvalue weighted by atomic mass is 127. The van der Waals surface area contributed by atoms with Crippen LogP contribution in [0.5, 0.6) is 0 Å². The first-order valence-corrected chi connectivity index (χ1v) is 8.87. The monoisotopic (exact) mass is 420 g/mol. The van der Waals surface area contributed by atoms with Gasteiger partial charge in [0.1, 0.15) is 11.4 Å². The molecule has 5 nitrogen and oxygen atoms in total. The Hall–Kier alpha value is -0.760. The number of likely N-dealkylation sites (tertiary alicyclic amines) is 1. The van der Waals surface area contributed by atoms with E-state index in [1.54, 1.807) is 0 Å². The third kappa shape index (κ3) is 5.46. The molecule has 1 unspecified atom stereocenters. The fourth-order valence-corrected chi connectivity index (χ4v) is 3.09. The number of nitrogens with zero attached hydrogens (tertiary/aromatic N) is 1. The number of furan rings is 1. The van der Waals surface area contributed by atoms with Crippen LogP contribution in [0.1, 0.15) is 45.8 Å². The van der Waals surface area contributed by atoms with E-state index < -0.39 is 5.60 Å². The van der Waals surface area contributed by atoms with Gasteiger partial charge in [0.2, 0.25) is 0 Å². The molecule has 0 aliphatic carbocycles. The van der Waals surface area contributed by atoms with Crippen LogP contribution in [0.25, 0.3) is 0 Å². The van der Waals surface area contributed by atoms with Gasteiger partial charge in [-0.3, -0.25) is 0 Å². The van der Waals surface area contributed by atoms with E-state index >= 15 is 0 Å². The Balaban J connectivity index is 1.73. The van der Waals surface area contributed by atoms with E-state index in [4.69, 9.17) is 9.15 Å². The van der Waals surface area contributed by atoms with Crippen molar-refractivity contribution < 1.29 is 13.9 Å². The van der Waals surface area contributed by atoms with Gasteiger partial charge in [-0.25, -0.2) is 4.79 Å². The molecule has 2 rings (SSSR count). The molecule has 1 amide bonds. The molecule has 6 heteroatoms. The molecule has 22 heavy (non-hydrogen) atoms. The molecule has 0 bridgehead atoms. The number of carbonyl (C=O) groups excluding carboxylic acids is 1. The molecule has 0 radical (unpaired) electrons. The number of ether oxygens (including phenoxy) is 1. The summed E-state index contributed by atoms with van der Waals surface area (Å²) in [7, 11) is 0. The van der Waals surface area contributed by atoms with Gasteiger partial charge >= 0.3 is 6.09 Å². The summed E-state index contributed by atoms with van der Waals surface area (Å²) >= 11 is 2.16. The first kappa shape index (κ1) is 17.6. The SMILES string of the molecule is CC(C)(C)OC(=O)N1CCCC1CCNCc1ccc(I)o1. The number of halogens is 1. The van der Waals surface area contributed by atoms with Crippen molar-refractivity contribution in [3.8, 4) is 0 Å². The second-order valence-corrected chi connectivity index (χ2v) is 7.70. The fourth-order valence-electron chi connectivity index (χ4n) is 2.62. The number of hydrogen-bond acceptors (Lipinski definition) is 4. The van der Waals surface area contributed by atoms with Gasteiger partial charge in [-0.15, -0.1) is 0 Å². The van der Waals surface area contributed by atoms with Gasteiger partial charge in [0, 0.05) is 12.6 Å². The minimum absolute atomic E-state index is 0.185. The zero-order chi connectivity index (χ0) is 16.2. The van der Waals surface area contributed by atoms with Gasteiger partial charge < -0.3 is 19.4 Å². The van der Waals surface area contributed by atoms with Gasteiger partial charge in [-0.1, -0.05) is 0 Å². The lowest BCUT2D eigenvalue weighted by molar-refractivity contribution is 0.0220. The van der Waals surface area contributed by atoms with Gasteiger partial charge in [-0.05, 0) is 81.3 Å². The molecule has 2 heterocycles. The lowest BCUT2D eigenvalue weighted by atomic mass is 10.1. The summed E-state index contributed by atoms with van der Waals surface area (Å²) < 4.78 is 11.9. The van der Waals surface area contributed by atoms with E-state index in [1.165, 1.54) is 0 Å². The highest BCUT2D eigenvalue weighted by molar-refractivity contribution is 14.1. The zero-order valence-corrected chi connectivity index (χ0v) is 15.7. The third-order valence-electron chi connectivity index (χ3n) is 3.59. The van der Waals surface area contributed by atoms with E-state index in [1.807, 2.05) is 37.8 Å². The molecular formula is C16H25IN2O3. The van der Waals surface area contributed by atoms with Crippen LogP contribution in [0.2, 0.25) is 0 Å². The summed E-state index contributed by atoms with van der Waals surface area (Å²) in [5, 5.41) is 3.37. The third-order valence-corrected chi connectivity index (χ3v) is 4.17. The summed E-state index contributed by atoms with van der Waals surface area (Å²) in [6.45, 7) is 8.10. The quantitative estimate of drug-likeness (QED) is 0.582. The summed E-state index contributed by atoms with van der Waals surface area (Å²) in [5.74, 6) is 0.944. The average Bonchev–Trinajstić information content (AvgIpc) is 3.01. The van der Waals surface area contributed by atoms with Crippen LogP contribution in [-0.4, -0.2) is 35.7 Å². The minimum atomic E-state index is -0.432. The van der Waals surface area contributed by atoms with Crippen LogP contribution in [0.3, 0.4) is 0 Å². The zero-order valence-electron chi connectivity index (χ0n) is 13.5. The van der Waals surface area contributed by atoms with Crippen molar-refractivity contribution in [3.63, 3.8) is 0 Å². The molecule has 1 saturated heterocycles. The first-order valence-electron chi connectivity index (χ1n) is 7.80. The van der Waals surface area contributed by atoms with Crippen molar-refractivity contribution in [3.05, 3.63) is 21.7 Å². The standard InChI is InChI=1S/C16H25IN2O3/c1-16(2,3)22-15(20)19-10-4-5-12(19)8-9-18-11-13-6-7-14(17)21-13/h6-7,12,18H,4-5,8-11H2,1-3H3. The first-order chi connectivity index (χ1) is 10.3. The fraction of sp³-hybridized carbons (Fsp3) is 0.688. The highest BCUT2D eigenvalue weighted by Crippen LogP contribution is 2.22. The number of carbonyl (C=O) groups is 1. The molecule has 0 aromatic carbocycles. The van der Waals surface area contributed by atoms with E-state index in [0.29, 0.717) is 0 Å². The smallest absolute Gasteiger partial charge is 0.410 e.